The second-order valence-corrected chi connectivity index (χ2v) is 9.26. The third-order valence-corrected chi connectivity index (χ3v) is 6.85. The summed E-state index contributed by atoms with van der Waals surface area (Å²) in [6.07, 6.45) is 20.3. The first-order chi connectivity index (χ1) is 13.7. The minimum Gasteiger partial charge on any atom is -0.310 e. The zero-order valence-corrected chi connectivity index (χ0v) is 19.3. The molecule has 0 radical (unpaired) electrons. The van der Waals surface area contributed by atoms with Crippen LogP contribution < -0.4 is 21.3 Å². The standard InChI is InChI=1S/C24H50N4/c1-4-7-8-9-10-11-20-23(25-5-2)24(26-6-3,27-21-16-12-13-17-21)28-22-18-14-15-19-22/h21-23,25-28H,4-20H2,1-3H3. The van der Waals surface area contributed by atoms with E-state index >= 15 is 0 Å². The van der Waals surface area contributed by atoms with E-state index in [-0.39, 0.29) is 5.79 Å². The molecule has 2 rings (SSSR count). The normalized spacial score (nSPS) is 20.2. The Morgan fingerprint density at radius 3 is 1.75 bits per heavy atom. The average Bonchev–Trinajstić information content (AvgIpc) is 3.38. The summed E-state index contributed by atoms with van der Waals surface area (Å²) in [6, 6.07) is 1.74. The summed E-state index contributed by atoms with van der Waals surface area (Å²) in [5, 5.41) is 16.0. The Bertz CT molecular complexity index is 357. The second kappa shape index (κ2) is 14.0. The van der Waals surface area contributed by atoms with Gasteiger partial charge in [0.1, 0.15) is 5.79 Å². The number of unbranched alkanes of at least 4 members (excludes halogenated alkanes) is 5. The zero-order chi connectivity index (χ0) is 20.1. The molecule has 1 atom stereocenters. The molecular weight excluding hydrogens is 344 g/mol. The average molecular weight is 395 g/mol. The lowest BCUT2D eigenvalue weighted by atomic mass is 9.97. The fourth-order valence-electron chi connectivity index (χ4n) is 5.38. The van der Waals surface area contributed by atoms with Gasteiger partial charge in [-0.3, -0.25) is 16.0 Å². The van der Waals surface area contributed by atoms with Crippen molar-refractivity contribution >= 4 is 0 Å². The summed E-state index contributed by atoms with van der Waals surface area (Å²) in [6.45, 7) is 8.85. The molecule has 0 bridgehead atoms. The molecule has 0 aromatic heterocycles. The lowest BCUT2D eigenvalue weighted by molar-refractivity contribution is 0.0983. The molecule has 0 aromatic rings. The van der Waals surface area contributed by atoms with E-state index in [1.165, 1.54) is 96.3 Å². The summed E-state index contributed by atoms with van der Waals surface area (Å²) >= 11 is 0. The molecule has 0 amide bonds. The molecule has 0 saturated heterocycles. The maximum absolute atomic E-state index is 4.12. The van der Waals surface area contributed by atoms with Crippen LogP contribution in [0.3, 0.4) is 0 Å². The van der Waals surface area contributed by atoms with Gasteiger partial charge in [0.15, 0.2) is 0 Å². The highest BCUT2D eigenvalue weighted by Crippen LogP contribution is 2.25. The number of hydrogen-bond donors (Lipinski definition) is 4. The predicted octanol–water partition coefficient (Wildman–Crippen LogP) is 5.04. The molecule has 1 unspecified atom stereocenters. The van der Waals surface area contributed by atoms with Gasteiger partial charge in [-0.05, 0) is 45.2 Å². The van der Waals surface area contributed by atoms with Crippen LogP contribution in [0.1, 0.15) is 117 Å². The first-order valence-electron chi connectivity index (χ1n) is 12.8. The van der Waals surface area contributed by atoms with Gasteiger partial charge >= 0.3 is 0 Å². The Morgan fingerprint density at radius 2 is 1.25 bits per heavy atom. The summed E-state index contributed by atoms with van der Waals surface area (Å²) in [5.74, 6) is -0.168. The van der Waals surface area contributed by atoms with Crippen LogP contribution in [0.5, 0.6) is 0 Å². The van der Waals surface area contributed by atoms with E-state index in [1.54, 1.807) is 0 Å². The SMILES string of the molecule is CCCCCCCCC(NCC)C(NCC)(NC1CCCC1)NC1CCCC1. The van der Waals surface area contributed by atoms with Crippen molar-refractivity contribution in [2.75, 3.05) is 13.1 Å². The highest BCUT2D eigenvalue weighted by Gasteiger charge is 2.41. The zero-order valence-electron chi connectivity index (χ0n) is 19.3. The number of likely N-dealkylation sites (N-methyl/N-ethyl adjacent to an activating group) is 2. The maximum atomic E-state index is 4.12. The van der Waals surface area contributed by atoms with Crippen LogP contribution in [0.4, 0.5) is 0 Å². The van der Waals surface area contributed by atoms with Crippen LogP contribution in [0, 0.1) is 0 Å². The lowest BCUT2D eigenvalue weighted by Crippen LogP contribution is -2.78. The van der Waals surface area contributed by atoms with Gasteiger partial charge in [-0.1, -0.05) is 85.0 Å². The molecule has 0 heterocycles. The summed E-state index contributed by atoms with van der Waals surface area (Å²) in [4.78, 5) is 0. The van der Waals surface area contributed by atoms with E-state index < -0.39 is 0 Å². The second-order valence-electron chi connectivity index (χ2n) is 9.26. The minimum atomic E-state index is -0.168. The molecule has 0 aromatic carbocycles. The van der Waals surface area contributed by atoms with Crippen LogP contribution in [-0.2, 0) is 0 Å². The molecular formula is C24H50N4. The van der Waals surface area contributed by atoms with E-state index in [1.807, 2.05) is 0 Å². The topological polar surface area (TPSA) is 48.1 Å². The van der Waals surface area contributed by atoms with Crippen LogP contribution in [0.2, 0.25) is 0 Å². The van der Waals surface area contributed by atoms with Gasteiger partial charge in [0.05, 0.1) is 6.04 Å². The van der Waals surface area contributed by atoms with Crippen LogP contribution in [0.25, 0.3) is 0 Å². The largest absolute Gasteiger partial charge is 0.310 e. The van der Waals surface area contributed by atoms with Crippen molar-refractivity contribution in [2.45, 2.75) is 141 Å². The molecule has 2 aliphatic rings. The van der Waals surface area contributed by atoms with E-state index in [9.17, 15) is 0 Å². The smallest absolute Gasteiger partial charge is 0.139 e. The molecule has 4 nitrogen and oxygen atoms in total. The molecule has 0 spiro atoms. The van der Waals surface area contributed by atoms with E-state index in [0.717, 1.165) is 13.1 Å². The van der Waals surface area contributed by atoms with Crippen LogP contribution in [0.15, 0.2) is 0 Å². The van der Waals surface area contributed by atoms with Crippen LogP contribution in [-0.4, -0.2) is 37.0 Å². The number of nitrogens with one attached hydrogen (secondary N) is 4. The molecule has 4 N–H and O–H groups in total. The van der Waals surface area contributed by atoms with Gasteiger partial charge in [-0.15, -0.1) is 0 Å². The first-order valence-corrected chi connectivity index (χ1v) is 12.8. The molecule has 28 heavy (non-hydrogen) atoms. The van der Waals surface area contributed by atoms with E-state index in [2.05, 4.69) is 42.0 Å². The fourth-order valence-corrected chi connectivity index (χ4v) is 5.38. The molecule has 2 aliphatic carbocycles. The Morgan fingerprint density at radius 1 is 0.714 bits per heavy atom. The lowest BCUT2D eigenvalue weighted by Gasteiger charge is -2.47. The Labute approximate surface area is 175 Å². The van der Waals surface area contributed by atoms with Gasteiger partial charge in [0, 0.05) is 12.1 Å². The summed E-state index contributed by atoms with van der Waals surface area (Å²) < 4.78 is 0. The van der Waals surface area contributed by atoms with Gasteiger partial charge in [-0.2, -0.15) is 0 Å². The fraction of sp³-hybridized carbons (Fsp3) is 1.00. The highest BCUT2D eigenvalue weighted by atomic mass is 15.4. The van der Waals surface area contributed by atoms with Crippen molar-refractivity contribution in [3.8, 4) is 0 Å². The van der Waals surface area contributed by atoms with Crippen molar-refractivity contribution < 1.29 is 0 Å². The molecule has 166 valence electrons. The van der Waals surface area contributed by atoms with E-state index in [4.69, 9.17) is 0 Å². The Kier molecular flexibility index (Phi) is 12.0. The van der Waals surface area contributed by atoms with Crippen molar-refractivity contribution in [2.24, 2.45) is 0 Å². The van der Waals surface area contributed by atoms with Crippen molar-refractivity contribution in [3.63, 3.8) is 0 Å². The molecule has 4 heteroatoms. The first kappa shape index (κ1) is 24.1. The third-order valence-electron chi connectivity index (χ3n) is 6.85. The maximum Gasteiger partial charge on any atom is 0.139 e. The summed E-state index contributed by atoms with van der Waals surface area (Å²) in [7, 11) is 0. The van der Waals surface area contributed by atoms with Gasteiger partial charge < -0.3 is 5.32 Å². The highest BCUT2D eigenvalue weighted by molar-refractivity contribution is 4.99. The Balaban J connectivity index is 2.05. The molecule has 2 fully saturated rings. The van der Waals surface area contributed by atoms with E-state index in [0.29, 0.717) is 18.1 Å². The van der Waals surface area contributed by atoms with Gasteiger partial charge in [-0.25, -0.2) is 0 Å². The van der Waals surface area contributed by atoms with Gasteiger partial charge in [0.2, 0.25) is 0 Å². The van der Waals surface area contributed by atoms with Crippen molar-refractivity contribution in [1.82, 2.24) is 21.3 Å². The minimum absolute atomic E-state index is 0.168. The third kappa shape index (κ3) is 7.93. The predicted molar refractivity (Wildman–Crippen MR) is 123 cm³/mol. The quantitative estimate of drug-likeness (QED) is 0.219. The number of rotatable bonds is 16. The summed E-state index contributed by atoms with van der Waals surface area (Å²) in [5.41, 5.74) is 0. The van der Waals surface area contributed by atoms with Crippen molar-refractivity contribution in [3.05, 3.63) is 0 Å². The monoisotopic (exact) mass is 394 g/mol. The van der Waals surface area contributed by atoms with Gasteiger partial charge in [0.25, 0.3) is 0 Å². The molecule has 2 saturated carbocycles. The Hall–Kier alpha value is -0.160. The van der Waals surface area contributed by atoms with Crippen LogP contribution >= 0.6 is 0 Å². The number of hydrogen-bond acceptors (Lipinski definition) is 4. The molecule has 0 aliphatic heterocycles. The van der Waals surface area contributed by atoms with Crippen molar-refractivity contribution in [1.29, 1.82) is 0 Å².